The highest BCUT2D eigenvalue weighted by Crippen LogP contribution is 2.18. The van der Waals surface area contributed by atoms with Gasteiger partial charge in [-0.25, -0.2) is 9.59 Å². The highest BCUT2D eigenvalue weighted by atomic mass is 16.6. The van der Waals surface area contributed by atoms with Gasteiger partial charge in [-0.1, -0.05) is 6.08 Å². The van der Waals surface area contributed by atoms with E-state index in [1.165, 1.54) is 6.20 Å². The minimum Gasteiger partial charge on any atom is -0.464 e. The highest BCUT2D eigenvalue weighted by Gasteiger charge is 2.35. The van der Waals surface area contributed by atoms with Crippen molar-refractivity contribution in [1.82, 2.24) is 10.0 Å². The summed E-state index contributed by atoms with van der Waals surface area (Å²) in [5, 5.41) is 10.5. The Kier molecular flexibility index (Phi) is 3.95. The molecule has 0 aliphatic carbocycles. The van der Waals surface area contributed by atoms with E-state index in [4.69, 9.17) is 9.84 Å². The zero-order valence-corrected chi connectivity index (χ0v) is 10.5. The molecule has 2 amide bonds. The number of carboxylic acid groups (broad SMARTS) is 1. The molecule has 0 saturated heterocycles. The van der Waals surface area contributed by atoms with Gasteiger partial charge in [0.2, 0.25) is 0 Å². The van der Waals surface area contributed by atoms with Crippen LogP contribution in [0.4, 0.5) is 9.59 Å². The number of carbonyl (C=O) groups is 3. The minimum atomic E-state index is -1.39. The molecule has 1 unspecified atom stereocenters. The van der Waals surface area contributed by atoms with Crippen molar-refractivity contribution in [2.75, 3.05) is 0 Å². The van der Waals surface area contributed by atoms with Crippen LogP contribution in [0.5, 0.6) is 0 Å². The molecule has 1 atom stereocenters. The Bertz CT molecular complexity index is 385. The van der Waals surface area contributed by atoms with Crippen LogP contribution < -0.4 is 0 Å². The molecule has 0 radical (unpaired) electrons. The smallest absolute Gasteiger partial charge is 0.433 e. The van der Waals surface area contributed by atoms with Gasteiger partial charge in [-0.05, 0) is 27.2 Å². The normalized spacial score (nSPS) is 19.6. The largest absolute Gasteiger partial charge is 0.464 e. The van der Waals surface area contributed by atoms with Crippen molar-refractivity contribution >= 4 is 18.5 Å². The Labute approximate surface area is 105 Å². The van der Waals surface area contributed by atoms with Gasteiger partial charge in [-0.3, -0.25) is 0 Å². The van der Waals surface area contributed by atoms with Gasteiger partial charge in [0, 0.05) is 6.20 Å². The van der Waals surface area contributed by atoms with Crippen LogP contribution in [0.15, 0.2) is 12.3 Å². The van der Waals surface area contributed by atoms with E-state index >= 15 is 0 Å². The summed E-state index contributed by atoms with van der Waals surface area (Å²) in [7, 11) is 0. The summed E-state index contributed by atoms with van der Waals surface area (Å²) in [6.07, 6.45) is 1.31. The summed E-state index contributed by atoms with van der Waals surface area (Å²) >= 11 is 0. The van der Waals surface area contributed by atoms with Crippen molar-refractivity contribution in [2.24, 2.45) is 0 Å². The maximum Gasteiger partial charge on any atom is 0.433 e. The minimum absolute atomic E-state index is 0.231. The van der Waals surface area contributed by atoms with Gasteiger partial charge in [-0.2, -0.15) is 10.0 Å². The summed E-state index contributed by atoms with van der Waals surface area (Å²) in [6, 6.07) is -0.917. The van der Waals surface area contributed by atoms with Crippen LogP contribution in [0.1, 0.15) is 27.2 Å². The Morgan fingerprint density at radius 1 is 1.44 bits per heavy atom. The summed E-state index contributed by atoms with van der Waals surface area (Å²) in [6.45, 7) is 5.00. The van der Waals surface area contributed by atoms with Crippen LogP contribution in [-0.2, 0) is 9.53 Å². The Morgan fingerprint density at radius 3 is 2.50 bits per heavy atom. The van der Waals surface area contributed by atoms with Crippen molar-refractivity contribution in [3.05, 3.63) is 12.3 Å². The third-order valence-corrected chi connectivity index (χ3v) is 2.10. The molecular weight excluding hydrogens is 240 g/mol. The van der Waals surface area contributed by atoms with E-state index in [9.17, 15) is 14.4 Å². The molecule has 7 nitrogen and oxygen atoms in total. The molecule has 0 aromatic carbocycles. The van der Waals surface area contributed by atoms with E-state index in [0.29, 0.717) is 11.3 Å². The number of ether oxygens (including phenoxy) is 1. The number of aldehydes is 1. The van der Waals surface area contributed by atoms with Crippen molar-refractivity contribution in [1.29, 1.82) is 0 Å². The first-order valence-electron chi connectivity index (χ1n) is 5.42. The maximum absolute atomic E-state index is 11.8. The Hall–Kier alpha value is -2.05. The van der Waals surface area contributed by atoms with Crippen molar-refractivity contribution in [2.45, 2.75) is 38.8 Å². The van der Waals surface area contributed by atoms with E-state index in [2.05, 4.69) is 0 Å². The van der Waals surface area contributed by atoms with Crippen LogP contribution in [-0.4, -0.2) is 45.2 Å². The molecule has 100 valence electrons. The Morgan fingerprint density at radius 2 is 2.06 bits per heavy atom. The molecular formula is C11H16N2O5. The summed E-state index contributed by atoms with van der Waals surface area (Å²) < 4.78 is 5.07. The fourth-order valence-corrected chi connectivity index (χ4v) is 1.44. The average Bonchev–Trinajstić information content (AvgIpc) is 2.25. The second-order valence-electron chi connectivity index (χ2n) is 4.78. The zero-order chi connectivity index (χ0) is 13.9. The number of hydrogen-bond acceptors (Lipinski definition) is 4. The van der Waals surface area contributed by atoms with E-state index in [0.717, 1.165) is 5.01 Å². The lowest BCUT2D eigenvalue weighted by Crippen LogP contribution is -2.54. The van der Waals surface area contributed by atoms with Gasteiger partial charge < -0.3 is 14.6 Å². The van der Waals surface area contributed by atoms with Crippen molar-refractivity contribution in [3.63, 3.8) is 0 Å². The number of hydrazine groups is 1. The number of hydrogen-bond donors (Lipinski definition) is 1. The van der Waals surface area contributed by atoms with Gasteiger partial charge in [0.25, 0.3) is 0 Å². The lowest BCUT2D eigenvalue weighted by atomic mass is 10.2. The number of amides is 2. The molecule has 0 saturated carbocycles. The lowest BCUT2D eigenvalue weighted by molar-refractivity contribution is -0.117. The van der Waals surface area contributed by atoms with Crippen LogP contribution >= 0.6 is 0 Å². The monoisotopic (exact) mass is 256 g/mol. The quantitative estimate of drug-likeness (QED) is 0.720. The van der Waals surface area contributed by atoms with Crippen molar-refractivity contribution in [3.8, 4) is 0 Å². The van der Waals surface area contributed by atoms with Crippen molar-refractivity contribution < 1.29 is 24.2 Å². The molecule has 18 heavy (non-hydrogen) atoms. The Balaban J connectivity index is 2.94. The van der Waals surface area contributed by atoms with Gasteiger partial charge in [-0.15, -0.1) is 0 Å². The first kappa shape index (κ1) is 14.0. The molecule has 1 N–H and O–H groups in total. The van der Waals surface area contributed by atoms with E-state index in [-0.39, 0.29) is 6.42 Å². The zero-order valence-electron chi connectivity index (χ0n) is 10.5. The van der Waals surface area contributed by atoms with E-state index in [1.54, 1.807) is 26.8 Å². The SMILES string of the molecule is CC(C)(C)OC(=O)N1C=CCC(C=O)N1C(=O)O. The molecule has 0 spiro atoms. The number of rotatable bonds is 1. The first-order chi connectivity index (χ1) is 8.26. The lowest BCUT2D eigenvalue weighted by Gasteiger charge is -2.36. The summed E-state index contributed by atoms with van der Waals surface area (Å²) in [5.74, 6) is 0. The molecule has 0 aromatic heterocycles. The second-order valence-corrected chi connectivity index (χ2v) is 4.78. The van der Waals surface area contributed by atoms with E-state index in [1.807, 2.05) is 0 Å². The number of carbonyl (C=O) groups excluding carboxylic acids is 2. The van der Waals surface area contributed by atoms with Gasteiger partial charge >= 0.3 is 12.2 Å². The van der Waals surface area contributed by atoms with E-state index < -0.39 is 23.8 Å². The molecule has 0 bridgehead atoms. The van der Waals surface area contributed by atoms with Gasteiger partial charge in [0.15, 0.2) is 0 Å². The maximum atomic E-state index is 11.8. The van der Waals surface area contributed by atoms with Crippen LogP contribution in [0.2, 0.25) is 0 Å². The van der Waals surface area contributed by atoms with Gasteiger partial charge in [0.1, 0.15) is 17.9 Å². The fourth-order valence-electron chi connectivity index (χ4n) is 1.44. The van der Waals surface area contributed by atoms with Crippen LogP contribution in [0, 0.1) is 0 Å². The van der Waals surface area contributed by atoms with Crippen LogP contribution in [0.3, 0.4) is 0 Å². The summed E-state index contributed by atoms with van der Waals surface area (Å²) in [4.78, 5) is 33.7. The topological polar surface area (TPSA) is 87.2 Å². The molecule has 7 heteroatoms. The fraction of sp³-hybridized carbons (Fsp3) is 0.545. The standard InChI is InChI=1S/C11H16N2O5/c1-11(2,3)18-10(17)12-6-4-5-8(7-14)13(12)9(15)16/h4,6-8H,5H2,1-3H3,(H,15,16). The molecule has 1 heterocycles. The number of nitrogens with zero attached hydrogens (tertiary/aromatic N) is 2. The second kappa shape index (κ2) is 5.07. The predicted molar refractivity (Wildman–Crippen MR) is 61.5 cm³/mol. The van der Waals surface area contributed by atoms with Crippen LogP contribution in [0.25, 0.3) is 0 Å². The third kappa shape index (κ3) is 3.22. The highest BCUT2D eigenvalue weighted by molar-refractivity contribution is 5.78. The predicted octanol–water partition coefficient (Wildman–Crippen LogP) is 1.60. The molecule has 0 fully saturated rings. The molecule has 1 rings (SSSR count). The van der Waals surface area contributed by atoms with Gasteiger partial charge in [0.05, 0.1) is 0 Å². The first-order valence-corrected chi connectivity index (χ1v) is 5.42. The average molecular weight is 256 g/mol. The molecule has 0 aromatic rings. The summed E-state index contributed by atoms with van der Waals surface area (Å²) in [5.41, 5.74) is -0.747. The molecule has 1 aliphatic heterocycles. The third-order valence-electron chi connectivity index (χ3n) is 2.10. The molecule has 1 aliphatic rings.